The van der Waals surface area contributed by atoms with Gasteiger partial charge in [0, 0.05) is 0 Å². The molecule has 6 heteroatoms. The molecule has 2 rings (SSSR count). The van der Waals surface area contributed by atoms with E-state index in [-0.39, 0.29) is 4.90 Å². The van der Waals surface area contributed by atoms with E-state index in [1.165, 1.54) is 12.1 Å². The van der Waals surface area contributed by atoms with Gasteiger partial charge in [0.25, 0.3) is 10.0 Å². The number of halogens is 1. The first-order chi connectivity index (χ1) is 9.29. The number of benzene rings is 2. The summed E-state index contributed by atoms with van der Waals surface area (Å²) in [5.74, 6) is -0.491. The quantitative estimate of drug-likeness (QED) is 0.855. The van der Waals surface area contributed by atoms with Gasteiger partial charge in [-0.15, -0.1) is 0 Å². The summed E-state index contributed by atoms with van der Waals surface area (Å²) in [6.45, 7) is 3.65. The standard InChI is InChI=1S/C14H15FN2O2S/c1-9-7-10(2)14(13(16)8-9)17-20(18,19)12-5-3-11(15)4-6-12/h3-8,17H,16H2,1-2H3. The van der Waals surface area contributed by atoms with Gasteiger partial charge < -0.3 is 5.73 Å². The highest BCUT2D eigenvalue weighted by Gasteiger charge is 2.17. The third-order valence-corrected chi connectivity index (χ3v) is 4.24. The molecule has 2 aromatic rings. The molecule has 0 spiro atoms. The summed E-state index contributed by atoms with van der Waals surface area (Å²) in [7, 11) is -3.78. The Balaban J connectivity index is 2.41. The second-order valence-corrected chi connectivity index (χ2v) is 6.29. The molecule has 3 N–H and O–H groups in total. The summed E-state index contributed by atoms with van der Waals surface area (Å²) in [4.78, 5) is -0.0155. The molecule has 0 radical (unpaired) electrons. The number of anilines is 2. The molecular weight excluding hydrogens is 279 g/mol. The van der Waals surface area contributed by atoms with E-state index in [4.69, 9.17) is 5.73 Å². The molecule has 0 saturated heterocycles. The second-order valence-electron chi connectivity index (χ2n) is 4.61. The van der Waals surface area contributed by atoms with Gasteiger partial charge in [0.2, 0.25) is 0 Å². The molecule has 0 aliphatic rings. The van der Waals surface area contributed by atoms with E-state index in [9.17, 15) is 12.8 Å². The van der Waals surface area contributed by atoms with Crippen LogP contribution >= 0.6 is 0 Å². The lowest BCUT2D eigenvalue weighted by Crippen LogP contribution is -2.15. The first-order valence-corrected chi connectivity index (χ1v) is 7.43. The lowest BCUT2D eigenvalue weighted by Gasteiger charge is -2.14. The van der Waals surface area contributed by atoms with E-state index in [2.05, 4.69) is 4.72 Å². The van der Waals surface area contributed by atoms with Crippen LogP contribution in [0.1, 0.15) is 11.1 Å². The van der Waals surface area contributed by atoms with Gasteiger partial charge >= 0.3 is 0 Å². The van der Waals surface area contributed by atoms with Crippen molar-refractivity contribution in [2.24, 2.45) is 0 Å². The Hall–Kier alpha value is -2.08. The van der Waals surface area contributed by atoms with E-state index in [0.29, 0.717) is 11.4 Å². The van der Waals surface area contributed by atoms with Crippen molar-refractivity contribution in [3.05, 3.63) is 53.3 Å². The number of hydrogen-bond acceptors (Lipinski definition) is 3. The van der Waals surface area contributed by atoms with E-state index >= 15 is 0 Å². The highest BCUT2D eigenvalue weighted by Crippen LogP contribution is 2.27. The Labute approximate surface area is 117 Å². The molecule has 0 unspecified atom stereocenters. The number of nitrogens with two attached hydrogens (primary N) is 1. The van der Waals surface area contributed by atoms with E-state index < -0.39 is 15.8 Å². The van der Waals surface area contributed by atoms with Crippen molar-refractivity contribution in [1.82, 2.24) is 0 Å². The largest absolute Gasteiger partial charge is 0.397 e. The minimum atomic E-state index is -3.78. The molecule has 2 aromatic carbocycles. The molecule has 0 bridgehead atoms. The molecule has 4 nitrogen and oxygen atoms in total. The fraction of sp³-hybridized carbons (Fsp3) is 0.143. The maximum absolute atomic E-state index is 12.8. The smallest absolute Gasteiger partial charge is 0.261 e. The Morgan fingerprint density at radius 2 is 1.70 bits per heavy atom. The van der Waals surface area contributed by atoms with Crippen molar-refractivity contribution in [1.29, 1.82) is 0 Å². The molecule has 0 saturated carbocycles. The van der Waals surface area contributed by atoms with Crippen LogP contribution in [0.3, 0.4) is 0 Å². The van der Waals surface area contributed by atoms with E-state index in [1.807, 2.05) is 13.0 Å². The number of nitrogen functional groups attached to an aromatic ring is 1. The van der Waals surface area contributed by atoms with Crippen LogP contribution in [0.15, 0.2) is 41.3 Å². The summed E-state index contributed by atoms with van der Waals surface area (Å²) in [6.07, 6.45) is 0. The summed E-state index contributed by atoms with van der Waals surface area (Å²) in [6, 6.07) is 8.13. The van der Waals surface area contributed by atoms with Crippen molar-refractivity contribution in [2.75, 3.05) is 10.5 Å². The van der Waals surface area contributed by atoms with Crippen LogP contribution in [0.25, 0.3) is 0 Å². The molecular formula is C14H15FN2O2S. The first-order valence-electron chi connectivity index (χ1n) is 5.95. The minimum Gasteiger partial charge on any atom is -0.397 e. The van der Waals surface area contributed by atoms with Gasteiger partial charge in [-0.1, -0.05) is 6.07 Å². The predicted molar refractivity (Wildman–Crippen MR) is 77.5 cm³/mol. The van der Waals surface area contributed by atoms with Gasteiger partial charge in [0.15, 0.2) is 0 Å². The third-order valence-electron chi connectivity index (χ3n) is 2.87. The van der Waals surface area contributed by atoms with Crippen molar-refractivity contribution in [2.45, 2.75) is 18.7 Å². The lowest BCUT2D eigenvalue weighted by molar-refractivity contribution is 0.599. The van der Waals surface area contributed by atoms with Crippen LogP contribution in [-0.2, 0) is 10.0 Å². The molecule has 0 aliphatic heterocycles. The average molecular weight is 294 g/mol. The zero-order valence-electron chi connectivity index (χ0n) is 11.1. The van der Waals surface area contributed by atoms with Crippen LogP contribution in [0, 0.1) is 19.7 Å². The molecule has 106 valence electrons. The molecule has 20 heavy (non-hydrogen) atoms. The predicted octanol–water partition coefficient (Wildman–Crippen LogP) is 2.83. The van der Waals surface area contributed by atoms with Crippen molar-refractivity contribution in [3.8, 4) is 0 Å². The van der Waals surface area contributed by atoms with Gasteiger partial charge in [0.05, 0.1) is 16.3 Å². The topological polar surface area (TPSA) is 72.2 Å². The van der Waals surface area contributed by atoms with Crippen molar-refractivity contribution < 1.29 is 12.8 Å². The van der Waals surface area contributed by atoms with Crippen molar-refractivity contribution >= 4 is 21.4 Å². The number of sulfonamides is 1. The molecule has 0 heterocycles. The number of hydrogen-bond donors (Lipinski definition) is 2. The Morgan fingerprint density at radius 3 is 2.25 bits per heavy atom. The van der Waals surface area contributed by atoms with Crippen LogP contribution in [0.5, 0.6) is 0 Å². The summed E-state index contributed by atoms with van der Waals surface area (Å²) < 4.78 is 39.7. The van der Waals surface area contributed by atoms with E-state index in [0.717, 1.165) is 23.3 Å². The van der Waals surface area contributed by atoms with Gasteiger partial charge in [-0.25, -0.2) is 12.8 Å². The molecule has 0 aromatic heterocycles. The Morgan fingerprint density at radius 1 is 1.10 bits per heavy atom. The number of nitrogens with one attached hydrogen (secondary N) is 1. The minimum absolute atomic E-state index is 0.0155. The van der Waals surface area contributed by atoms with Crippen molar-refractivity contribution in [3.63, 3.8) is 0 Å². The summed E-state index contributed by atoms with van der Waals surface area (Å²) >= 11 is 0. The monoisotopic (exact) mass is 294 g/mol. The fourth-order valence-electron chi connectivity index (χ4n) is 1.95. The molecule has 0 amide bonds. The van der Waals surface area contributed by atoms with E-state index in [1.54, 1.807) is 13.0 Å². The van der Waals surface area contributed by atoms with Crippen LogP contribution in [0.4, 0.5) is 15.8 Å². The van der Waals surface area contributed by atoms with Crippen LogP contribution in [0.2, 0.25) is 0 Å². The zero-order valence-corrected chi connectivity index (χ0v) is 12.0. The first kappa shape index (κ1) is 14.3. The second kappa shape index (κ2) is 5.13. The van der Waals surface area contributed by atoms with Gasteiger partial charge in [0.1, 0.15) is 5.82 Å². The Bertz CT molecular complexity index is 717. The van der Waals surface area contributed by atoms with Gasteiger partial charge in [-0.3, -0.25) is 4.72 Å². The number of aryl methyl sites for hydroxylation is 2. The summed E-state index contributed by atoms with van der Waals surface area (Å²) in [5, 5.41) is 0. The SMILES string of the molecule is Cc1cc(C)c(NS(=O)(=O)c2ccc(F)cc2)c(N)c1. The van der Waals surface area contributed by atoms with Gasteiger partial charge in [-0.05, 0) is 55.3 Å². The number of rotatable bonds is 3. The lowest BCUT2D eigenvalue weighted by atomic mass is 10.1. The zero-order chi connectivity index (χ0) is 14.9. The van der Waals surface area contributed by atoms with Crippen LogP contribution < -0.4 is 10.5 Å². The third kappa shape index (κ3) is 2.91. The average Bonchev–Trinajstić information content (AvgIpc) is 2.34. The fourth-order valence-corrected chi connectivity index (χ4v) is 3.11. The molecule has 0 atom stereocenters. The maximum Gasteiger partial charge on any atom is 0.261 e. The maximum atomic E-state index is 12.8. The summed E-state index contributed by atoms with van der Waals surface area (Å²) in [5.41, 5.74) is 8.23. The highest BCUT2D eigenvalue weighted by molar-refractivity contribution is 7.92. The highest BCUT2D eigenvalue weighted by atomic mass is 32.2. The normalized spacial score (nSPS) is 11.3. The Kier molecular flexibility index (Phi) is 3.67. The molecule has 0 aliphatic carbocycles. The molecule has 0 fully saturated rings. The van der Waals surface area contributed by atoms with Gasteiger partial charge in [-0.2, -0.15) is 0 Å². The van der Waals surface area contributed by atoms with Crippen LogP contribution in [-0.4, -0.2) is 8.42 Å².